The van der Waals surface area contributed by atoms with E-state index >= 15 is 0 Å². The summed E-state index contributed by atoms with van der Waals surface area (Å²) in [5, 5.41) is 11.5. The maximum atomic E-state index is 12.2. The molecule has 2 aromatic rings. The van der Waals surface area contributed by atoms with E-state index < -0.39 is 20.2 Å². The fraction of sp³-hybridized carbons (Fsp3) is 0.667. The molecule has 2 aliphatic rings. The van der Waals surface area contributed by atoms with Crippen molar-refractivity contribution in [2.75, 3.05) is 19.4 Å². The molecule has 0 aromatic carbocycles. The minimum atomic E-state index is -1.09. The van der Waals surface area contributed by atoms with Gasteiger partial charge >= 0.3 is 0 Å². The number of hydrogen-bond donors (Lipinski definition) is 2. The third kappa shape index (κ3) is 3.69. The van der Waals surface area contributed by atoms with E-state index in [1.165, 1.54) is 6.33 Å². The molecule has 8 nitrogen and oxygen atoms in total. The Morgan fingerprint density at radius 1 is 1.52 bits per heavy atom. The van der Waals surface area contributed by atoms with Crippen molar-refractivity contribution in [3.05, 3.63) is 28.4 Å². The van der Waals surface area contributed by atoms with Gasteiger partial charge in [-0.2, -0.15) is 0 Å². The summed E-state index contributed by atoms with van der Waals surface area (Å²) in [5.41, 5.74) is 0.154. The number of nitrogens with one attached hydrogen (secondary N) is 1. The number of aromatic nitrogens is 3. The van der Waals surface area contributed by atoms with Crippen LogP contribution in [0.1, 0.15) is 44.9 Å². The van der Waals surface area contributed by atoms with Crippen LogP contribution in [0, 0.1) is 0 Å². The molecule has 2 N–H and O–H groups in total. The Morgan fingerprint density at radius 2 is 2.37 bits per heavy atom. The first kappa shape index (κ1) is 19.0. The highest BCUT2D eigenvalue weighted by molar-refractivity contribution is 7.47. The molecule has 2 saturated heterocycles. The number of hydrogen-bond acceptors (Lipinski definition) is 6. The number of aryl methyl sites for hydroxylation is 1. The Bertz CT molecular complexity index is 858. The molecule has 3 unspecified atom stereocenters. The predicted octanol–water partition coefficient (Wildman–Crippen LogP) is 2.46. The summed E-state index contributed by atoms with van der Waals surface area (Å²) in [4.78, 5) is 19.2. The molecule has 4 heterocycles. The minimum Gasteiger partial charge on any atom is -0.385 e. The second-order valence-corrected chi connectivity index (χ2v) is 9.04. The summed E-state index contributed by atoms with van der Waals surface area (Å²) in [6, 6.07) is 0. The van der Waals surface area contributed by atoms with E-state index in [2.05, 4.69) is 9.97 Å². The SMILES string of the molecule is CCc1cn(C2OC(COP3CCCCO3)C[C@]2(C)O)c2nc[nH]c(=O)c12. The van der Waals surface area contributed by atoms with Crippen LogP contribution in [0.5, 0.6) is 0 Å². The zero-order valence-electron chi connectivity index (χ0n) is 15.7. The summed E-state index contributed by atoms with van der Waals surface area (Å²) in [6.45, 7) is 4.89. The van der Waals surface area contributed by atoms with Crippen LogP contribution in [-0.2, 0) is 20.2 Å². The largest absolute Gasteiger partial charge is 0.385 e. The minimum absolute atomic E-state index is 0.176. The molecule has 9 heteroatoms. The first-order valence-electron chi connectivity index (χ1n) is 9.48. The smallest absolute Gasteiger partial charge is 0.260 e. The number of H-pyrrole nitrogens is 1. The van der Waals surface area contributed by atoms with Gasteiger partial charge in [-0.25, -0.2) is 4.98 Å². The van der Waals surface area contributed by atoms with Crippen molar-refractivity contribution in [2.45, 2.75) is 57.5 Å². The van der Waals surface area contributed by atoms with Gasteiger partial charge in [0.1, 0.15) is 11.2 Å². The van der Waals surface area contributed by atoms with E-state index in [4.69, 9.17) is 13.8 Å². The highest BCUT2D eigenvalue weighted by Crippen LogP contribution is 2.45. The fourth-order valence-corrected chi connectivity index (χ4v) is 5.34. The monoisotopic (exact) mass is 395 g/mol. The first-order chi connectivity index (χ1) is 13.0. The topological polar surface area (TPSA) is 98.6 Å². The number of ether oxygens (including phenoxy) is 1. The van der Waals surface area contributed by atoms with E-state index in [1.54, 1.807) is 11.5 Å². The van der Waals surface area contributed by atoms with E-state index in [0.717, 1.165) is 31.2 Å². The number of nitrogens with zero attached hydrogens (tertiary/aromatic N) is 2. The standard InChI is InChI=1S/C18H26N3O5P/c1-3-12-9-21(15-14(12)16(22)20-11-19-15)17-18(2,23)8-13(26-17)10-25-27-7-5-4-6-24-27/h9,11,13,17,23H,3-8,10H2,1-2H3,(H,19,20,22)/t13?,17?,18-,27?/m0/s1. The second kappa shape index (κ2) is 7.60. The van der Waals surface area contributed by atoms with Gasteiger partial charge in [0, 0.05) is 18.8 Å². The Balaban J connectivity index is 1.56. The molecular weight excluding hydrogens is 369 g/mol. The highest BCUT2D eigenvalue weighted by Gasteiger charge is 2.46. The van der Waals surface area contributed by atoms with E-state index in [9.17, 15) is 9.90 Å². The maximum Gasteiger partial charge on any atom is 0.260 e. The number of aromatic amines is 1. The molecule has 0 bridgehead atoms. The fourth-order valence-electron chi connectivity index (χ4n) is 3.86. The van der Waals surface area contributed by atoms with Crippen LogP contribution in [0.2, 0.25) is 0 Å². The van der Waals surface area contributed by atoms with Gasteiger partial charge in [-0.15, -0.1) is 0 Å². The third-order valence-corrected chi connectivity index (χ3v) is 6.79. The lowest BCUT2D eigenvalue weighted by Crippen LogP contribution is -2.32. The average molecular weight is 395 g/mol. The molecule has 0 aliphatic carbocycles. The highest BCUT2D eigenvalue weighted by atomic mass is 31.2. The normalized spacial score (nSPS) is 31.6. The van der Waals surface area contributed by atoms with Gasteiger partial charge in [0.25, 0.3) is 5.56 Å². The summed E-state index contributed by atoms with van der Waals surface area (Å²) >= 11 is 0. The molecule has 148 valence electrons. The molecule has 0 saturated carbocycles. The van der Waals surface area contributed by atoms with Gasteiger partial charge in [-0.05, 0) is 31.7 Å². The zero-order chi connectivity index (χ0) is 19.0. The lowest BCUT2D eigenvalue weighted by molar-refractivity contribution is -0.0840. The molecule has 2 fully saturated rings. The quantitative estimate of drug-likeness (QED) is 0.755. The Labute approximate surface area is 158 Å². The lowest BCUT2D eigenvalue weighted by atomic mass is 10.0. The summed E-state index contributed by atoms with van der Waals surface area (Å²) in [5.74, 6) is 0. The summed E-state index contributed by atoms with van der Waals surface area (Å²) < 4.78 is 19.5. The van der Waals surface area contributed by atoms with Crippen LogP contribution in [0.25, 0.3) is 11.0 Å². The maximum absolute atomic E-state index is 12.2. The van der Waals surface area contributed by atoms with Crippen molar-refractivity contribution < 1.29 is 18.9 Å². The van der Waals surface area contributed by atoms with Gasteiger partial charge in [0.05, 0.1) is 31.0 Å². The van der Waals surface area contributed by atoms with Gasteiger partial charge < -0.3 is 28.4 Å². The molecular formula is C18H26N3O5P. The van der Waals surface area contributed by atoms with Crippen LogP contribution < -0.4 is 5.56 Å². The third-order valence-electron chi connectivity index (χ3n) is 5.20. The van der Waals surface area contributed by atoms with E-state index in [0.29, 0.717) is 30.5 Å². The first-order valence-corrected chi connectivity index (χ1v) is 10.8. The number of aliphatic hydroxyl groups is 1. The number of fused-ring (bicyclic) bond motifs is 1. The molecule has 0 radical (unpaired) electrons. The predicted molar refractivity (Wildman–Crippen MR) is 102 cm³/mol. The molecule has 27 heavy (non-hydrogen) atoms. The van der Waals surface area contributed by atoms with Crippen LogP contribution in [0.3, 0.4) is 0 Å². The average Bonchev–Trinajstić information content (AvgIpc) is 3.18. The zero-order valence-corrected chi connectivity index (χ0v) is 16.6. The van der Waals surface area contributed by atoms with Gasteiger partial charge in [-0.1, -0.05) is 6.92 Å². The van der Waals surface area contributed by atoms with Crippen LogP contribution in [0.4, 0.5) is 0 Å². The van der Waals surface area contributed by atoms with Crippen molar-refractivity contribution in [1.82, 2.24) is 14.5 Å². The summed E-state index contributed by atoms with van der Waals surface area (Å²) in [6.07, 6.45) is 6.71. The van der Waals surface area contributed by atoms with Crippen molar-refractivity contribution in [3.8, 4) is 0 Å². The van der Waals surface area contributed by atoms with Gasteiger partial charge in [0.15, 0.2) is 14.6 Å². The molecule has 0 amide bonds. The van der Waals surface area contributed by atoms with Crippen molar-refractivity contribution in [3.63, 3.8) is 0 Å². The van der Waals surface area contributed by atoms with Crippen LogP contribution >= 0.6 is 8.38 Å². The molecule has 4 atom stereocenters. The Morgan fingerprint density at radius 3 is 3.11 bits per heavy atom. The van der Waals surface area contributed by atoms with Crippen LogP contribution in [0.15, 0.2) is 17.3 Å². The van der Waals surface area contributed by atoms with Crippen molar-refractivity contribution in [2.24, 2.45) is 0 Å². The van der Waals surface area contributed by atoms with E-state index in [1.807, 2.05) is 13.1 Å². The lowest BCUT2D eigenvalue weighted by Gasteiger charge is -2.25. The Hall–Kier alpha value is -1.31. The van der Waals surface area contributed by atoms with Crippen molar-refractivity contribution >= 4 is 19.4 Å². The molecule has 2 aliphatic heterocycles. The van der Waals surface area contributed by atoms with Gasteiger partial charge in [0.2, 0.25) is 0 Å². The second-order valence-electron chi connectivity index (χ2n) is 7.41. The number of rotatable bonds is 5. The molecule has 4 rings (SSSR count). The van der Waals surface area contributed by atoms with Crippen molar-refractivity contribution in [1.29, 1.82) is 0 Å². The van der Waals surface area contributed by atoms with Gasteiger partial charge in [-0.3, -0.25) is 4.79 Å². The Kier molecular flexibility index (Phi) is 5.36. The van der Waals surface area contributed by atoms with Crippen LogP contribution in [-0.4, -0.2) is 50.7 Å². The molecule has 2 aromatic heterocycles. The van der Waals surface area contributed by atoms with E-state index in [-0.39, 0.29) is 11.7 Å². The molecule has 0 spiro atoms. The summed E-state index contributed by atoms with van der Waals surface area (Å²) in [7, 11) is -0.845.